The van der Waals surface area contributed by atoms with Gasteiger partial charge >= 0.3 is 0 Å². The highest BCUT2D eigenvalue weighted by atomic mass is 79.9. The second-order valence-electron chi connectivity index (χ2n) is 7.29. The van der Waals surface area contributed by atoms with Crippen LogP contribution in [0.4, 0.5) is 5.69 Å². The quantitative estimate of drug-likeness (QED) is 0.228. The molecule has 3 rings (SSSR count). The van der Waals surface area contributed by atoms with Gasteiger partial charge in [0.15, 0.2) is 11.5 Å². The van der Waals surface area contributed by atoms with E-state index in [0.717, 1.165) is 11.1 Å². The van der Waals surface area contributed by atoms with Crippen molar-refractivity contribution in [3.63, 3.8) is 0 Å². The molecule has 0 fully saturated rings. The molecule has 8 heteroatoms. The summed E-state index contributed by atoms with van der Waals surface area (Å²) in [6.07, 6.45) is 1.50. The molecule has 34 heavy (non-hydrogen) atoms. The lowest BCUT2D eigenvalue weighted by Gasteiger charge is -2.15. The fourth-order valence-corrected chi connectivity index (χ4v) is 3.99. The molecule has 0 spiro atoms. The van der Waals surface area contributed by atoms with E-state index in [0.29, 0.717) is 43.9 Å². The number of benzene rings is 3. The van der Waals surface area contributed by atoms with Crippen LogP contribution in [0, 0.1) is 18.3 Å². The molecule has 0 saturated heterocycles. The van der Waals surface area contributed by atoms with Gasteiger partial charge in [0.2, 0.25) is 0 Å². The SMILES string of the molecule is CCOc1cc(/C=C(/C#N)C(=O)Nc2cccc(C)c2)cc(Br)c1OCc1ccc(Cl)c(Cl)c1. The summed E-state index contributed by atoms with van der Waals surface area (Å²) in [6.45, 7) is 4.43. The zero-order chi connectivity index (χ0) is 24.7. The van der Waals surface area contributed by atoms with Gasteiger partial charge in [0.25, 0.3) is 5.91 Å². The molecule has 3 aromatic carbocycles. The van der Waals surface area contributed by atoms with Crippen LogP contribution in [0.2, 0.25) is 10.0 Å². The van der Waals surface area contributed by atoms with E-state index in [2.05, 4.69) is 21.2 Å². The smallest absolute Gasteiger partial charge is 0.266 e. The summed E-state index contributed by atoms with van der Waals surface area (Å²) < 4.78 is 12.4. The first-order valence-electron chi connectivity index (χ1n) is 10.3. The Hall–Kier alpha value is -2.98. The molecule has 0 unspecified atom stereocenters. The first-order chi connectivity index (χ1) is 16.3. The Morgan fingerprint density at radius 2 is 1.91 bits per heavy atom. The Balaban J connectivity index is 1.85. The molecule has 0 heterocycles. The van der Waals surface area contributed by atoms with Crippen LogP contribution in [0.15, 0.2) is 64.6 Å². The highest BCUT2D eigenvalue weighted by molar-refractivity contribution is 9.10. The molecule has 0 aliphatic carbocycles. The third-order valence-electron chi connectivity index (χ3n) is 4.65. The Morgan fingerprint density at radius 3 is 2.59 bits per heavy atom. The molecule has 0 atom stereocenters. The van der Waals surface area contributed by atoms with E-state index in [1.165, 1.54) is 6.08 Å². The van der Waals surface area contributed by atoms with Crippen molar-refractivity contribution in [2.45, 2.75) is 20.5 Å². The summed E-state index contributed by atoms with van der Waals surface area (Å²) in [5, 5.41) is 13.2. The van der Waals surface area contributed by atoms with Gasteiger partial charge in [0.05, 0.1) is 21.1 Å². The van der Waals surface area contributed by atoms with Crippen molar-refractivity contribution in [3.8, 4) is 17.6 Å². The average Bonchev–Trinajstić information content (AvgIpc) is 2.79. The van der Waals surface area contributed by atoms with Gasteiger partial charge in [-0.2, -0.15) is 5.26 Å². The Kier molecular flexibility index (Phi) is 9.00. The van der Waals surface area contributed by atoms with Crippen LogP contribution in [-0.2, 0) is 11.4 Å². The predicted molar refractivity (Wildman–Crippen MR) is 140 cm³/mol. The van der Waals surface area contributed by atoms with Gasteiger partial charge in [0.1, 0.15) is 18.2 Å². The number of anilines is 1. The van der Waals surface area contributed by atoms with Crippen LogP contribution in [0.25, 0.3) is 6.08 Å². The van der Waals surface area contributed by atoms with Gasteiger partial charge in [-0.15, -0.1) is 0 Å². The average molecular weight is 560 g/mol. The maximum absolute atomic E-state index is 12.6. The molecule has 0 bridgehead atoms. The maximum atomic E-state index is 12.6. The molecule has 0 saturated carbocycles. The molecule has 3 aromatic rings. The lowest BCUT2D eigenvalue weighted by molar-refractivity contribution is -0.112. The van der Waals surface area contributed by atoms with Crippen LogP contribution in [0.3, 0.4) is 0 Å². The van der Waals surface area contributed by atoms with E-state index in [1.54, 1.807) is 30.3 Å². The summed E-state index contributed by atoms with van der Waals surface area (Å²) >= 11 is 15.6. The Bertz CT molecular complexity index is 1290. The van der Waals surface area contributed by atoms with Gasteiger partial charge in [-0.3, -0.25) is 4.79 Å². The van der Waals surface area contributed by atoms with Crippen LogP contribution < -0.4 is 14.8 Å². The van der Waals surface area contributed by atoms with Crippen LogP contribution in [0.1, 0.15) is 23.6 Å². The number of aryl methyl sites for hydroxylation is 1. The molecular weight excluding hydrogens is 539 g/mol. The van der Waals surface area contributed by atoms with Gasteiger partial charge in [-0.1, -0.05) is 41.4 Å². The van der Waals surface area contributed by atoms with Crippen molar-refractivity contribution in [1.82, 2.24) is 0 Å². The standard InChI is InChI=1S/C26H21BrCl2N2O3/c1-3-33-24-13-18(10-19(14-30)26(32)31-20-6-4-5-16(2)9-20)11-21(27)25(24)34-15-17-7-8-22(28)23(29)12-17/h4-13H,3,15H2,1-2H3,(H,31,32)/b19-10-. The lowest BCUT2D eigenvalue weighted by atomic mass is 10.1. The number of rotatable bonds is 8. The zero-order valence-corrected chi connectivity index (χ0v) is 21.6. The number of hydrogen-bond acceptors (Lipinski definition) is 4. The van der Waals surface area contributed by atoms with E-state index < -0.39 is 5.91 Å². The third-order valence-corrected chi connectivity index (χ3v) is 5.98. The predicted octanol–water partition coefficient (Wildman–Crippen LogP) is 7.59. The molecular formula is C26H21BrCl2N2O3. The topological polar surface area (TPSA) is 71.3 Å². The molecule has 0 aromatic heterocycles. The van der Waals surface area contributed by atoms with Crippen LogP contribution in [-0.4, -0.2) is 12.5 Å². The largest absolute Gasteiger partial charge is 0.490 e. The fraction of sp³-hybridized carbons (Fsp3) is 0.154. The van der Waals surface area contributed by atoms with E-state index >= 15 is 0 Å². The van der Waals surface area contributed by atoms with E-state index in [1.807, 2.05) is 44.2 Å². The first-order valence-corrected chi connectivity index (χ1v) is 11.9. The third kappa shape index (κ3) is 6.77. The minimum absolute atomic E-state index is 0.0414. The van der Waals surface area contributed by atoms with Gasteiger partial charge < -0.3 is 14.8 Å². The Labute approximate surface area is 217 Å². The van der Waals surface area contributed by atoms with Crippen molar-refractivity contribution >= 4 is 56.8 Å². The monoisotopic (exact) mass is 558 g/mol. The molecule has 1 amide bonds. The second kappa shape index (κ2) is 11.9. The molecule has 0 aliphatic rings. The highest BCUT2D eigenvalue weighted by Gasteiger charge is 2.15. The minimum atomic E-state index is -0.498. The zero-order valence-electron chi connectivity index (χ0n) is 18.5. The van der Waals surface area contributed by atoms with Crippen LogP contribution in [0.5, 0.6) is 11.5 Å². The van der Waals surface area contributed by atoms with Crippen LogP contribution >= 0.6 is 39.1 Å². The summed E-state index contributed by atoms with van der Waals surface area (Å²) in [6, 6.07) is 18.1. The summed E-state index contributed by atoms with van der Waals surface area (Å²) in [5.74, 6) is 0.467. The highest BCUT2D eigenvalue weighted by Crippen LogP contribution is 2.38. The number of nitrogens with one attached hydrogen (secondary N) is 1. The maximum Gasteiger partial charge on any atom is 0.266 e. The Morgan fingerprint density at radius 1 is 1.12 bits per heavy atom. The molecule has 0 aliphatic heterocycles. The number of amides is 1. The van der Waals surface area contributed by atoms with Crippen molar-refractivity contribution in [2.24, 2.45) is 0 Å². The minimum Gasteiger partial charge on any atom is -0.490 e. The molecule has 5 nitrogen and oxygen atoms in total. The molecule has 0 radical (unpaired) electrons. The van der Waals surface area contributed by atoms with Crippen molar-refractivity contribution in [2.75, 3.05) is 11.9 Å². The number of halogens is 3. The van der Waals surface area contributed by atoms with E-state index in [-0.39, 0.29) is 12.2 Å². The number of hydrogen-bond donors (Lipinski definition) is 1. The molecule has 1 N–H and O–H groups in total. The molecule has 174 valence electrons. The number of ether oxygens (including phenoxy) is 2. The van der Waals surface area contributed by atoms with Gasteiger partial charge in [0, 0.05) is 5.69 Å². The lowest BCUT2D eigenvalue weighted by Crippen LogP contribution is -2.13. The summed E-state index contributed by atoms with van der Waals surface area (Å²) in [5.41, 5.74) is 3.02. The number of nitriles is 1. The normalized spacial score (nSPS) is 11.0. The summed E-state index contributed by atoms with van der Waals surface area (Å²) in [4.78, 5) is 12.6. The van der Waals surface area contributed by atoms with E-state index in [9.17, 15) is 10.1 Å². The van der Waals surface area contributed by atoms with Crippen molar-refractivity contribution in [1.29, 1.82) is 5.26 Å². The second-order valence-corrected chi connectivity index (χ2v) is 8.96. The fourth-order valence-electron chi connectivity index (χ4n) is 3.10. The number of carbonyl (C=O) groups is 1. The van der Waals surface area contributed by atoms with E-state index in [4.69, 9.17) is 32.7 Å². The van der Waals surface area contributed by atoms with Crippen molar-refractivity contribution in [3.05, 3.63) is 91.4 Å². The summed E-state index contributed by atoms with van der Waals surface area (Å²) in [7, 11) is 0. The number of carbonyl (C=O) groups excluding carboxylic acids is 1. The van der Waals surface area contributed by atoms with Gasteiger partial charge in [-0.25, -0.2) is 0 Å². The van der Waals surface area contributed by atoms with Gasteiger partial charge in [-0.05, 0) is 88.9 Å². The number of nitrogens with zero attached hydrogens (tertiary/aromatic N) is 1. The van der Waals surface area contributed by atoms with Crippen molar-refractivity contribution < 1.29 is 14.3 Å². The first kappa shape index (κ1) is 25.6.